The van der Waals surface area contributed by atoms with Gasteiger partial charge in [-0.25, -0.2) is 4.79 Å². The third kappa shape index (κ3) is 4.16. The zero-order chi connectivity index (χ0) is 11.8. The van der Waals surface area contributed by atoms with E-state index in [0.29, 0.717) is 13.0 Å². The summed E-state index contributed by atoms with van der Waals surface area (Å²) in [5.74, 6) is -1.27. The van der Waals surface area contributed by atoms with Gasteiger partial charge in [0.15, 0.2) is 5.71 Å². The molecule has 0 aromatic carbocycles. The molecular formula is C8H12N4O4. The molecule has 0 radical (unpaired) electrons. The fourth-order valence-electron chi connectivity index (χ4n) is 1.15. The molecule has 1 saturated heterocycles. The predicted octanol–water partition coefficient (Wildman–Crippen LogP) is 1.28. The second kappa shape index (κ2) is 6.65. The first-order valence-corrected chi connectivity index (χ1v) is 4.82. The summed E-state index contributed by atoms with van der Waals surface area (Å²) in [6.45, 7) is 0.234. The second-order valence-electron chi connectivity index (χ2n) is 3.13. The molecule has 1 aliphatic heterocycles. The van der Waals surface area contributed by atoms with Crippen molar-refractivity contribution in [1.29, 1.82) is 0 Å². The van der Waals surface area contributed by atoms with Gasteiger partial charge in [-0.3, -0.25) is 0 Å². The van der Waals surface area contributed by atoms with Crippen LogP contribution < -0.4 is 0 Å². The van der Waals surface area contributed by atoms with Crippen molar-refractivity contribution in [2.24, 2.45) is 10.3 Å². The molecule has 0 amide bonds. The van der Waals surface area contributed by atoms with Gasteiger partial charge in [0.25, 0.3) is 0 Å². The SMILES string of the molecule is [N-]=[N+]=NC/C(=N/OC1CCCCO1)C(=O)O. The molecule has 1 fully saturated rings. The van der Waals surface area contributed by atoms with Crippen LogP contribution in [0.1, 0.15) is 19.3 Å². The Kier molecular flexibility index (Phi) is 5.10. The van der Waals surface area contributed by atoms with Gasteiger partial charge in [0, 0.05) is 11.3 Å². The van der Waals surface area contributed by atoms with E-state index < -0.39 is 12.3 Å². The number of ether oxygens (including phenoxy) is 1. The highest BCUT2D eigenvalue weighted by atomic mass is 16.8. The number of carboxylic acids is 1. The number of carbonyl (C=O) groups is 1. The van der Waals surface area contributed by atoms with Gasteiger partial charge in [-0.2, -0.15) is 0 Å². The van der Waals surface area contributed by atoms with Crippen LogP contribution >= 0.6 is 0 Å². The number of rotatable bonds is 5. The molecule has 0 aromatic rings. The Labute approximate surface area is 91.5 Å². The largest absolute Gasteiger partial charge is 0.477 e. The van der Waals surface area contributed by atoms with Gasteiger partial charge in [0.05, 0.1) is 13.2 Å². The van der Waals surface area contributed by atoms with Gasteiger partial charge in [0.2, 0.25) is 6.29 Å². The quantitative estimate of drug-likeness (QED) is 0.250. The zero-order valence-electron chi connectivity index (χ0n) is 8.57. The molecular weight excluding hydrogens is 216 g/mol. The molecule has 0 spiro atoms. The molecule has 1 heterocycles. The summed E-state index contributed by atoms with van der Waals surface area (Å²) >= 11 is 0. The van der Waals surface area contributed by atoms with Gasteiger partial charge in [-0.05, 0) is 18.4 Å². The van der Waals surface area contributed by atoms with Crippen molar-refractivity contribution < 1.29 is 19.5 Å². The van der Waals surface area contributed by atoms with Crippen molar-refractivity contribution in [2.75, 3.05) is 13.2 Å². The van der Waals surface area contributed by atoms with E-state index in [2.05, 4.69) is 15.2 Å². The number of hydrogen-bond donors (Lipinski definition) is 1. The van der Waals surface area contributed by atoms with Crippen LogP contribution in [-0.4, -0.2) is 36.2 Å². The summed E-state index contributed by atoms with van der Waals surface area (Å²) in [5.41, 5.74) is 7.72. The number of carboxylic acid groups (broad SMARTS) is 1. The van der Waals surface area contributed by atoms with E-state index >= 15 is 0 Å². The number of aliphatic carboxylic acids is 1. The first-order valence-electron chi connectivity index (χ1n) is 4.82. The zero-order valence-corrected chi connectivity index (χ0v) is 8.57. The molecule has 1 N–H and O–H groups in total. The highest BCUT2D eigenvalue weighted by Crippen LogP contribution is 2.13. The summed E-state index contributed by atoms with van der Waals surface area (Å²) in [7, 11) is 0. The van der Waals surface area contributed by atoms with E-state index in [-0.39, 0.29) is 12.3 Å². The third-order valence-corrected chi connectivity index (χ3v) is 1.95. The lowest BCUT2D eigenvalue weighted by Crippen LogP contribution is -2.23. The maximum Gasteiger partial charge on any atom is 0.353 e. The maximum atomic E-state index is 10.6. The lowest BCUT2D eigenvalue weighted by molar-refractivity contribution is -0.162. The topological polar surface area (TPSA) is 117 Å². The van der Waals surface area contributed by atoms with Crippen LogP contribution in [0.25, 0.3) is 10.4 Å². The molecule has 1 rings (SSSR count). The summed E-state index contributed by atoms with van der Waals surface area (Å²) < 4.78 is 5.19. The maximum absolute atomic E-state index is 10.6. The Morgan fingerprint density at radius 2 is 2.44 bits per heavy atom. The Morgan fingerprint density at radius 3 is 3.00 bits per heavy atom. The Hall–Kier alpha value is -1.79. The van der Waals surface area contributed by atoms with Crippen LogP contribution in [0.15, 0.2) is 10.3 Å². The Morgan fingerprint density at radius 1 is 1.62 bits per heavy atom. The van der Waals surface area contributed by atoms with Crippen molar-refractivity contribution in [3.63, 3.8) is 0 Å². The average Bonchev–Trinajstić information content (AvgIpc) is 2.30. The minimum absolute atomic E-state index is 0.341. The Balaban J connectivity index is 2.48. The number of hydrogen-bond acceptors (Lipinski definition) is 5. The fraction of sp³-hybridized carbons (Fsp3) is 0.750. The van der Waals surface area contributed by atoms with Gasteiger partial charge in [-0.1, -0.05) is 10.3 Å². The highest BCUT2D eigenvalue weighted by molar-refractivity contribution is 6.36. The summed E-state index contributed by atoms with van der Waals surface area (Å²) in [6, 6.07) is 0. The van der Waals surface area contributed by atoms with Crippen LogP contribution in [-0.2, 0) is 14.4 Å². The monoisotopic (exact) mass is 228 g/mol. The van der Waals surface area contributed by atoms with Crippen LogP contribution in [0.3, 0.4) is 0 Å². The molecule has 0 aliphatic carbocycles. The summed E-state index contributed by atoms with van der Waals surface area (Å²) in [4.78, 5) is 18.0. The van der Waals surface area contributed by atoms with Crippen molar-refractivity contribution in [1.82, 2.24) is 0 Å². The molecule has 16 heavy (non-hydrogen) atoms. The van der Waals surface area contributed by atoms with E-state index in [1.807, 2.05) is 0 Å². The molecule has 0 saturated carbocycles. The van der Waals surface area contributed by atoms with Crippen molar-refractivity contribution >= 4 is 11.7 Å². The van der Waals surface area contributed by atoms with Gasteiger partial charge in [-0.15, -0.1) is 0 Å². The standard InChI is InChI=1S/C8H12N4O4/c9-12-10-5-6(8(13)14)11-16-7-3-1-2-4-15-7/h7H,1-5H2,(H,13,14)/b11-6-. The summed E-state index contributed by atoms with van der Waals surface area (Å²) in [5, 5.41) is 15.2. The molecule has 8 heteroatoms. The van der Waals surface area contributed by atoms with Crippen molar-refractivity contribution in [3.05, 3.63) is 10.4 Å². The lowest BCUT2D eigenvalue weighted by Gasteiger charge is -2.20. The molecule has 0 bridgehead atoms. The number of oxime groups is 1. The minimum atomic E-state index is -1.27. The van der Waals surface area contributed by atoms with E-state index in [4.69, 9.17) is 20.2 Å². The average molecular weight is 228 g/mol. The van der Waals surface area contributed by atoms with Gasteiger partial charge in [0.1, 0.15) is 0 Å². The lowest BCUT2D eigenvalue weighted by atomic mass is 10.2. The van der Waals surface area contributed by atoms with E-state index in [9.17, 15) is 4.79 Å². The van der Waals surface area contributed by atoms with E-state index in [0.717, 1.165) is 12.8 Å². The number of azide groups is 1. The second-order valence-corrected chi connectivity index (χ2v) is 3.13. The molecule has 0 aromatic heterocycles. The molecule has 1 aliphatic rings. The van der Waals surface area contributed by atoms with Crippen LogP contribution in [0.2, 0.25) is 0 Å². The van der Waals surface area contributed by atoms with Crippen LogP contribution in [0.4, 0.5) is 0 Å². The third-order valence-electron chi connectivity index (χ3n) is 1.95. The van der Waals surface area contributed by atoms with Crippen molar-refractivity contribution in [2.45, 2.75) is 25.6 Å². The molecule has 88 valence electrons. The fourth-order valence-corrected chi connectivity index (χ4v) is 1.15. The number of nitrogens with zero attached hydrogens (tertiary/aromatic N) is 4. The predicted molar refractivity (Wildman–Crippen MR) is 53.8 cm³/mol. The van der Waals surface area contributed by atoms with Gasteiger partial charge < -0.3 is 14.7 Å². The normalized spacial score (nSPS) is 21.0. The molecule has 1 atom stereocenters. The van der Waals surface area contributed by atoms with E-state index in [1.54, 1.807) is 0 Å². The summed E-state index contributed by atoms with van der Waals surface area (Å²) in [6.07, 6.45) is 2.10. The first kappa shape index (κ1) is 12.3. The Bertz CT molecular complexity index is 318. The molecule has 8 nitrogen and oxygen atoms in total. The smallest absolute Gasteiger partial charge is 0.353 e. The van der Waals surface area contributed by atoms with Crippen LogP contribution in [0.5, 0.6) is 0 Å². The van der Waals surface area contributed by atoms with E-state index in [1.165, 1.54) is 0 Å². The molecule has 1 unspecified atom stereocenters. The first-order chi connectivity index (χ1) is 7.74. The van der Waals surface area contributed by atoms with Crippen LogP contribution in [0, 0.1) is 0 Å². The minimum Gasteiger partial charge on any atom is -0.477 e. The van der Waals surface area contributed by atoms with Crippen molar-refractivity contribution in [3.8, 4) is 0 Å². The van der Waals surface area contributed by atoms with Gasteiger partial charge >= 0.3 is 5.97 Å². The highest BCUT2D eigenvalue weighted by Gasteiger charge is 2.16.